The molecule has 0 radical (unpaired) electrons. The first-order valence-corrected chi connectivity index (χ1v) is 6.48. The summed E-state index contributed by atoms with van der Waals surface area (Å²) in [6.07, 6.45) is 9.30. The first-order valence-electron chi connectivity index (χ1n) is 6.48. The van der Waals surface area contributed by atoms with Gasteiger partial charge in [0, 0.05) is 12.5 Å². The van der Waals surface area contributed by atoms with E-state index in [1.54, 1.807) is 0 Å². The van der Waals surface area contributed by atoms with Gasteiger partial charge in [0.1, 0.15) is 0 Å². The maximum atomic E-state index is 11.3. The molecule has 0 unspecified atom stereocenters. The van der Waals surface area contributed by atoms with Gasteiger partial charge in [-0.15, -0.1) is 0 Å². The molecule has 2 heteroatoms. The number of carbonyl (C=O) groups excluding carboxylic acids is 1. The topological polar surface area (TPSA) is 29.1 Å². The maximum Gasteiger partial charge on any atom is 0.220 e. The molecule has 0 aliphatic carbocycles. The summed E-state index contributed by atoms with van der Waals surface area (Å²) in [7, 11) is 0. The van der Waals surface area contributed by atoms with Gasteiger partial charge in [-0.1, -0.05) is 39.5 Å². The lowest BCUT2D eigenvalue weighted by Gasteiger charge is -2.15. The van der Waals surface area contributed by atoms with Gasteiger partial charge >= 0.3 is 0 Å². The number of unbranched alkanes of at least 4 members (excludes halogenated alkanes) is 1. The fraction of sp³-hybridized carbons (Fsp3) is 0.923. The zero-order valence-electron chi connectivity index (χ0n) is 10.2. The van der Waals surface area contributed by atoms with Crippen LogP contribution in [-0.4, -0.2) is 11.9 Å². The summed E-state index contributed by atoms with van der Waals surface area (Å²) in [5, 5.41) is 3.13. The molecule has 0 aromatic rings. The van der Waals surface area contributed by atoms with Gasteiger partial charge in [-0.3, -0.25) is 4.79 Å². The molecule has 0 saturated carbocycles. The molecule has 1 atom stereocenters. The van der Waals surface area contributed by atoms with Crippen LogP contribution in [0.3, 0.4) is 0 Å². The van der Waals surface area contributed by atoms with E-state index in [-0.39, 0.29) is 5.91 Å². The minimum absolute atomic E-state index is 0.265. The van der Waals surface area contributed by atoms with Gasteiger partial charge in [0.2, 0.25) is 5.91 Å². The molecule has 0 spiro atoms. The Labute approximate surface area is 93.8 Å². The number of nitrogens with one attached hydrogen (secondary N) is 1. The third-order valence-electron chi connectivity index (χ3n) is 3.16. The van der Waals surface area contributed by atoms with Crippen LogP contribution in [0.15, 0.2) is 0 Å². The van der Waals surface area contributed by atoms with Crippen LogP contribution in [0.1, 0.15) is 65.2 Å². The van der Waals surface area contributed by atoms with Gasteiger partial charge < -0.3 is 5.32 Å². The molecule has 15 heavy (non-hydrogen) atoms. The highest BCUT2D eigenvalue weighted by Gasteiger charge is 2.15. The first-order chi connectivity index (χ1) is 7.18. The Balaban J connectivity index is 2.11. The Morgan fingerprint density at radius 2 is 2.13 bits per heavy atom. The second-order valence-corrected chi connectivity index (χ2v) is 5.19. The summed E-state index contributed by atoms with van der Waals surface area (Å²) in [5.74, 6) is 1.08. The van der Waals surface area contributed by atoms with Gasteiger partial charge in [-0.05, 0) is 25.2 Å². The first kappa shape index (κ1) is 12.5. The molecule has 1 amide bonds. The van der Waals surface area contributed by atoms with Crippen LogP contribution in [-0.2, 0) is 4.79 Å². The van der Waals surface area contributed by atoms with Gasteiger partial charge in [0.15, 0.2) is 0 Å². The molecule has 1 aliphatic rings. The van der Waals surface area contributed by atoms with Crippen LogP contribution >= 0.6 is 0 Å². The van der Waals surface area contributed by atoms with E-state index in [2.05, 4.69) is 19.2 Å². The van der Waals surface area contributed by atoms with E-state index in [1.165, 1.54) is 38.5 Å². The van der Waals surface area contributed by atoms with Gasteiger partial charge in [0.25, 0.3) is 0 Å². The SMILES string of the molecule is CC(C)CCCC[C@@H]1CCCCC(=O)N1. The summed E-state index contributed by atoms with van der Waals surface area (Å²) in [6.45, 7) is 4.54. The van der Waals surface area contributed by atoms with Crippen molar-refractivity contribution in [2.24, 2.45) is 5.92 Å². The van der Waals surface area contributed by atoms with Crippen LogP contribution in [0.5, 0.6) is 0 Å². The second-order valence-electron chi connectivity index (χ2n) is 5.19. The number of hydrogen-bond acceptors (Lipinski definition) is 1. The summed E-state index contributed by atoms with van der Waals surface area (Å²) < 4.78 is 0. The molecule has 1 fully saturated rings. The largest absolute Gasteiger partial charge is 0.353 e. The zero-order valence-corrected chi connectivity index (χ0v) is 10.2. The van der Waals surface area contributed by atoms with E-state index in [0.29, 0.717) is 6.04 Å². The highest BCUT2D eigenvalue weighted by atomic mass is 16.1. The highest BCUT2D eigenvalue weighted by molar-refractivity contribution is 5.76. The van der Waals surface area contributed by atoms with Crippen molar-refractivity contribution >= 4 is 5.91 Å². The third kappa shape index (κ3) is 5.81. The quantitative estimate of drug-likeness (QED) is 0.695. The van der Waals surface area contributed by atoms with E-state index < -0.39 is 0 Å². The number of hydrogen-bond donors (Lipinski definition) is 1. The Morgan fingerprint density at radius 1 is 1.33 bits per heavy atom. The predicted octanol–water partition coefficient (Wildman–Crippen LogP) is 3.26. The second kappa shape index (κ2) is 6.86. The van der Waals surface area contributed by atoms with Gasteiger partial charge in [-0.25, -0.2) is 0 Å². The van der Waals surface area contributed by atoms with Crippen molar-refractivity contribution in [2.45, 2.75) is 71.3 Å². The molecule has 1 saturated heterocycles. The predicted molar refractivity (Wildman–Crippen MR) is 63.7 cm³/mol. The molecular formula is C13H25NO. The van der Waals surface area contributed by atoms with Crippen LogP contribution in [0.25, 0.3) is 0 Å². The fourth-order valence-electron chi connectivity index (χ4n) is 2.21. The molecule has 0 aromatic carbocycles. The van der Waals surface area contributed by atoms with Gasteiger partial charge in [-0.2, -0.15) is 0 Å². The smallest absolute Gasteiger partial charge is 0.220 e. The fourth-order valence-corrected chi connectivity index (χ4v) is 2.21. The summed E-state index contributed by atoms with van der Waals surface area (Å²) >= 11 is 0. The van der Waals surface area contributed by atoms with E-state index in [4.69, 9.17) is 0 Å². The molecule has 1 N–H and O–H groups in total. The lowest BCUT2D eigenvalue weighted by molar-refractivity contribution is -0.121. The third-order valence-corrected chi connectivity index (χ3v) is 3.16. The highest BCUT2D eigenvalue weighted by Crippen LogP contribution is 2.15. The van der Waals surface area contributed by atoms with Crippen LogP contribution in [0.2, 0.25) is 0 Å². The minimum Gasteiger partial charge on any atom is -0.353 e. The number of amides is 1. The number of carbonyl (C=O) groups is 1. The van der Waals surface area contributed by atoms with Gasteiger partial charge in [0.05, 0.1) is 0 Å². The monoisotopic (exact) mass is 211 g/mol. The Kier molecular flexibility index (Phi) is 5.74. The van der Waals surface area contributed by atoms with Crippen LogP contribution in [0, 0.1) is 5.92 Å². The van der Waals surface area contributed by atoms with Crippen molar-refractivity contribution in [3.05, 3.63) is 0 Å². The summed E-state index contributed by atoms with van der Waals surface area (Å²) in [4.78, 5) is 11.3. The van der Waals surface area contributed by atoms with Crippen molar-refractivity contribution < 1.29 is 4.79 Å². The van der Waals surface area contributed by atoms with E-state index >= 15 is 0 Å². The van der Waals surface area contributed by atoms with Crippen LogP contribution < -0.4 is 5.32 Å². The Bertz CT molecular complexity index is 189. The minimum atomic E-state index is 0.265. The van der Waals surface area contributed by atoms with Crippen molar-refractivity contribution in [2.75, 3.05) is 0 Å². The normalized spacial score (nSPS) is 22.6. The van der Waals surface area contributed by atoms with Crippen molar-refractivity contribution in [1.82, 2.24) is 5.32 Å². The molecular weight excluding hydrogens is 186 g/mol. The van der Waals surface area contributed by atoms with E-state index in [9.17, 15) is 4.79 Å². The standard InChI is InChI=1S/C13H25NO/c1-11(2)7-3-4-8-12-9-5-6-10-13(15)14-12/h11-12H,3-10H2,1-2H3,(H,14,15)/t12-/m1/s1. The molecule has 0 aromatic heterocycles. The Morgan fingerprint density at radius 3 is 2.87 bits per heavy atom. The lowest BCUT2D eigenvalue weighted by Crippen LogP contribution is -2.32. The molecule has 88 valence electrons. The molecule has 0 bridgehead atoms. The van der Waals surface area contributed by atoms with Crippen LogP contribution in [0.4, 0.5) is 0 Å². The van der Waals surface area contributed by atoms with E-state index in [1.807, 2.05) is 0 Å². The summed E-state index contributed by atoms with van der Waals surface area (Å²) in [5.41, 5.74) is 0. The maximum absolute atomic E-state index is 11.3. The van der Waals surface area contributed by atoms with Crippen molar-refractivity contribution in [3.63, 3.8) is 0 Å². The average Bonchev–Trinajstić information content (AvgIpc) is 2.37. The van der Waals surface area contributed by atoms with E-state index in [0.717, 1.165) is 18.8 Å². The lowest BCUT2D eigenvalue weighted by atomic mass is 10.0. The van der Waals surface area contributed by atoms with Crippen molar-refractivity contribution in [1.29, 1.82) is 0 Å². The molecule has 2 nitrogen and oxygen atoms in total. The number of rotatable bonds is 5. The molecule has 1 rings (SSSR count). The molecule has 1 aliphatic heterocycles. The van der Waals surface area contributed by atoms with Crippen molar-refractivity contribution in [3.8, 4) is 0 Å². The molecule has 1 heterocycles. The zero-order chi connectivity index (χ0) is 11.1. The summed E-state index contributed by atoms with van der Waals surface area (Å²) in [6, 6.07) is 0.465. The average molecular weight is 211 g/mol. The Hall–Kier alpha value is -0.530.